The molecule has 0 aliphatic heterocycles. The predicted octanol–water partition coefficient (Wildman–Crippen LogP) is 4.27. The molecule has 1 aromatic carbocycles. The first-order chi connectivity index (χ1) is 10.0. The van der Waals surface area contributed by atoms with E-state index in [2.05, 4.69) is 58.1 Å². The third-order valence-electron chi connectivity index (χ3n) is 3.49. The molecular weight excluding hydrogens is 397 g/mol. The van der Waals surface area contributed by atoms with Crippen molar-refractivity contribution in [2.75, 3.05) is 6.54 Å². The van der Waals surface area contributed by atoms with Gasteiger partial charge in [-0.1, -0.05) is 18.5 Å². The van der Waals surface area contributed by atoms with E-state index < -0.39 is 0 Å². The van der Waals surface area contributed by atoms with Crippen molar-refractivity contribution >= 4 is 34.2 Å². The molecule has 0 aliphatic rings. The Hall–Kier alpha value is -0.590. The minimum Gasteiger partial charge on any atom is -0.310 e. The van der Waals surface area contributed by atoms with Crippen molar-refractivity contribution in [3.8, 4) is 0 Å². The van der Waals surface area contributed by atoms with Crippen molar-refractivity contribution < 1.29 is 0 Å². The van der Waals surface area contributed by atoms with Gasteiger partial charge in [-0.3, -0.25) is 4.68 Å². The molecule has 3 nitrogen and oxygen atoms in total. The molecule has 0 amide bonds. The SMILES string of the molecule is CCCNC(Cc1cc(C)nn1C)c1cc(Cl)ccc1I. The van der Waals surface area contributed by atoms with Crippen molar-refractivity contribution in [3.63, 3.8) is 0 Å². The van der Waals surface area contributed by atoms with Crippen LogP contribution in [0.4, 0.5) is 0 Å². The fourth-order valence-corrected chi connectivity index (χ4v) is 3.35. The zero-order valence-electron chi connectivity index (χ0n) is 12.7. The summed E-state index contributed by atoms with van der Waals surface area (Å²) in [6.07, 6.45) is 2.02. The Morgan fingerprint density at radius 3 is 2.76 bits per heavy atom. The lowest BCUT2D eigenvalue weighted by Crippen LogP contribution is -2.25. The summed E-state index contributed by atoms with van der Waals surface area (Å²) in [5.41, 5.74) is 3.55. The first-order valence-electron chi connectivity index (χ1n) is 7.19. The second kappa shape index (κ2) is 7.61. The van der Waals surface area contributed by atoms with Crippen molar-refractivity contribution in [2.45, 2.75) is 32.7 Å². The summed E-state index contributed by atoms with van der Waals surface area (Å²) < 4.78 is 3.21. The molecule has 0 fully saturated rings. The van der Waals surface area contributed by atoms with Crippen LogP contribution in [-0.4, -0.2) is 16.3 Å². The van der Waals surface area contributed by atoms with E-state index >= 15 is 0 Å². The number of halogens is 2. The number of benzene rings is 1. The zero-order valence-corrected chi connectivity index (χ0v) is 15.6. The van der Waals surface area contributed by atoms with E-state index in [0.29, 0.717) is 0 Å². The molecule has 0 saturated heterocycles. The van der Waals surface area contributed by atoms with Crippen LogP contribution in [0.2, 0.25) is 5.02 Å². The third-order valence-corrected chi connectivity index (χ3v) is 4.70. The number of aromatic nitrogens is 2. The van der Waals surface area contributed by atoms with Crippen LogP contribution in [0.15, 0.2) is 24.3 Å². The molecule has 0 radical (unpaired) electrons. The van der Waals surface area contributed by atoms with Gasteiger partial charge in [0.25, 0.3) is 0 Å². The van der Waals surface area contributed by atoms with Gasteiger partial charge in [0.2, 0.25) is 0 Å². The van der Waals surface area contributed by atoms with Gasteiger partial charge in [-0.05, 0) is 72.3 Å². The first kappa shape index (κ1) is 16.8. The van der Waals surface area contributed by atoms with Gasteiger partial charge in [0.15, 0.2) is 0 Å². The average molecular weight is 418 g/mol. The maximum Gasteiger partial charge on any atom is 0.0596 e. The highest BCUT2D eigenvalue weighted by molar-refractivity contribution is 14.1. The average Bonchev–Trinajstić information content (AvgIpc) is 2.75. The van der Waals surface area contributed by atoms with Gasteiger partial charge in [-0.25, -0.2) is 0 Å². The fraction of sp³-hybridized carbons (Fsp3) is 0.438. The topological polar surface area (TPSA) is 29.9 Å². The van der Waals surface area contributed by atoms with Crippen LogP contribution in [0, 0.1) is 10.5 Å². The zero-order chi connectivity index (χ0) is 15.4. The van der Waals surface area contributed by atoms with Gasteiger partial charge >= 0.3 is 0 Å². The van der Waals surface area contributed by atoms with E-state index in [9.17, 15) is 0 Å². The van der Waals surface area contributed by atoms with Gasteiger partial charge in [0, 0.05) is 33.8 Å². The van der Waals surface area contributed by atoms with Crippen molar-refractivity contribution in [2.24, 2.45) is 7.05 Å². The predicted molar refractivity (Wildman–Crippen MR) is 96.9 cm³/mol. The van der Waals surface area contributed by atoms with Crippen molar-refractivity contribution in [3.05, 3.63) is 49.8 Å². The Balaban J connectivity index is 2.29. The Bertz CT molecular complexity index is 610. The molecule has 21 heavy (non-hydrogen) atoms. The molecule has 114 valence electrons. The molecule has 5 heteroatoms. The van der Waals surface area contributed by atoms with Gasteiger partial charge in [0.05, 0.1) is 5.69 Å². The second-order valence-corrected chi connectivity index (χ2v) is 6.88. The molecule has 2 aromatic rings. The monoisotopic (exact) mass is 417 g/mol. The summed E-state index contributed by atoms with van der Waals surface area (Å²) in [6, 6.07) is 8.49. The maximum atomic E-state index is 6.18. The number of aryl methyl sites for hydroxylation is 2. The van der Waals surface area contributed by atoms with E-state index in [0.717, 1.165) is 30.1 Å². The molecule has 1 atom stereocenters. The van der Waals surface area contributed by atoms with Gasteiger partial charge < -0.3 is 5.32 Å². The lowest BCUT2D eigenvalue weighted by molar-refractivity contribution is 0.510. The van der Waals surface area contributed by atoms with Gasteiger partial charge in [0.1, 0.15) is 0 Å². The van der Waals surface area contributed by atoms with Crippen LogP contribution in [0.5, 0.6) is 0 Å². The van der Waals surface area contributed by atoms with Crippen LogP contribution in [0.1, 0.15) is 36.3 Å². The van der Waals surface area contributed by atoms with Crippen LogP contribution in [0.25, 0.3) is 0 Å². The largest absolute Gasteiger partial charge is 0.310 e. The quantitative estimate of drug-likeness (QED) is 0.711. The van der Waals surface area contributed by atoms with Crippen LogP contribution >= 0.6 is 34.2 Å². The van der Waals surface area contributed by atoms with E-state index in [1.807, 2.05) is 24.7 Å². The minimum atomic E-state index is 0.255. The Labute approximate surface area is 145 Å². The normalized spacial score (nSPS) is 12.6. The number of hydrogen-bond acceptors (Lipinski definition) is 2. The summed E-state index contributed by atoms with van der Waals surface area (Å²) >= 11 is 8.56. The van der Waals surface area contributed by atoms with E-state index in [-0.39, 0.29) is 6.04 Å². The molecular formula is C16H21ClIN3. The van der Waals surface area contributed by atoms with E-state index in [4.69, 9.17) is 11.6 Å². The molecule has 1 aromatic heterocycles. The molecule has 1 heterocycles. The summed E-state index contributed by atoms with van der Waals surface area (Å²) in [4.78, 5) is 0. The maximum absolute atomic E-state index is 6.18. The minimum absolute atomic E-state index is 0.255. The smallest absolute Gasteiger partial charge is 0.0596 e. The molecule has 2 rings (SSSR count). The molecule has 0 saturated carbocycles. The summed E-state index contributed by atoms with van der Waals surface area (Å²) in [5.74, 6) is 0. The molecule has 0 aliphatic carbocycles. The number of nitrogens with zero attached hydrogens (tertiary/aromatic N) is 2. The van der Waals surface area contributed by atoms with Crippen molar-refractivity contribution in [1.82, 2.24) is 15.1 Å². The number of nitrogens with one attached hydrogen (secondary N) is 1. The van der Waals surface area contributed by atoms with Crippen molar-refractivity contribution in [1.29, 1.82) is 0 Å². The van der Waals surface area contributed by atoms with Crippen LogP contribution < -0.4 is 5.32 Å². The molecule has 1 N–H and O–H groups in total. The van der Waals surface area contributed by atoms with Crippen LogP contribution in [-0.2, 0) is 13.5 Å². The van der Waals surface area contributed by atoms with Gasteiger partial charge in [-0.2, -0.15) is 5.10 Å². The standard InChI is InChI=1S/C16H21ClIN3/c1-4-7-19-16(10-13-8-11(2)20-21(13)3)14-9-12(17)5-6-15(14)18/h5-6,8-9,16,19H,4,7,10H2,1-3H3. The molecule has 0 bridgehead atoms. The molecule has 1 unspecified atom stereocenters. The highest BCUT2D eigenvalue weighted by Gasteiger charge is 2.17. The Kier molecular flexibility index (Phi) is 6.08. The van der Waals surface area contributed by atoms with Crippen LogP contribution in [0.3, 0.4) is 0 Å². The summed E-state index contributed by atoms with van der Waals surface area (Å²) in [6.45, 7) is 5.20. The molecule has 0 spiro atoms. The number of rotatable bonds is 6. The third kappa shape index (κ3) is 4.44. The highest BCUT2D eigenvalue weighted by atomic mass is 127. The fourth-order valence-electron chi connectivity index (χ4n) is 2.46. The summed E-state index contributed by atoms with van der Waals surface area (Å²) in [5, 5.41) is 8.86. The lowest BCUT2D eigenvalue weighted by atomic mass is 10.0. The lowest BCUT2D eigenvalue weighted by Gasteiger charge is -2.21. The Morgan fingerprint density at radius 2 is 2.14 bits per heavy atom. The van der Waals surface area contributed by atoms with E-state index in [1.165, 1.54) is 14.8 Å². The summed E-state index contributed by atoms with van der Waals surface area (Å²) in [7, 11) is 2.00. The Morgan fingerprint density at radius 1 is 1.38 bits per heavy atom. The van der Waals surface area contributed by atoms with E-state index in [1.54, 1.807) is 0 Å². The first-order valence-corrected chi connectivity index (χ1v) is 8.64. The second-order valence-electron chi connectivity index (χ2n) is 5.28. The van der Waals surface area contributed by atoms with Gasteiger partial charge in [-0.15, -0.1) is 0 Å². The highest BCUT2D eigenvalue weighted by Crippen LogP contribution is 2.26. The number of hydrogen-bond donors (Lipinski definition) is 1.